The van der Waals surface area contributed by atoms with Crippen LogP contribution in [-0.4, -0.2) is 17.1 Å². The van der Waals surface area contributed by atoms with Gasteiger partial charge in [0.2, 0.25) is 0 Å². The third-order valence-corrected chi connectivity index (χ3v) is 3.08. The number of carboxylic acids is 1. The number of benzene rings is 1. The molecule has 5 heteroatoms. The highest BCUT2D eigenvalue weighted by molar-refractivity contribution is 6.00. The number of nitrogens with two attached hydrogens (primary N) is 1. The van der Waals surface area contributed by atoms with Gasteiger partial charge in [-0.15, -0.1) is 0 Å². The predicted molar refractivity (Wildman–Crippen MR) is 70.3 cm³/mol. The maximum absolute atomic E-state index is 13.3. The SMILES string of the molecule is CC(Nc1ccc(F)c(N)c1C(=O)O)C(C)(C)C. The quantitative estimate of drug-likeness (QED) is 0.725. The summed E-state index contributed by atoms with van der Waals surface area (Å²) in [5.74, 6) is -1.96. The predicted octanol–water partition coefficient (Wildman–Crippen LogP) is 2.95. The molecule has 1 unspecified atom stereocenters. The molecule has 1 atom stereocenters. The molecule has 1 aromatic carbocycles. The molecule has 4 N–H and O–H groups in total. The van der Waals surface area contributed by atoms with Crippen molar-refractivity contribution < 1.29 is 14.3 Å². The van der Waals surface area contributed by atoms with Gasteiger partial charge in [-0.25, -0.2) is 9.18 Å². The Hall–Kier alpha value is -1.78. The normalized spacial score (nSPS) is 13.2. The summed E-state index contributed by atoms with van der Waals surface area (Å²) < 4.78 is 13.3. The van der Waals surface area contributed by atoms with Gasteiger partial charge in [0.15, 0.2) is 0 Å². The Bertz CT molecular complexity index is 467. The molecule has 0 spiro atoms. The van der Waals surface area contributed by atoms with E-state index < -0.39 is 11.8 Å². The standard InChI is InChI=1S/C13H19FN2O2/c1-7(13(2,3)4)16-9-6-5-8(14)11(15)10(9)12(17)18/h5-7,16H,15H2,1-4H3,(H,17,18). The van der Waals surface area contributed by atoms with Crippen LogP contribution in [0, 0.1) is 11.2 Å². The van der Waals surface area contributed by atoms with Gasteiger partial charge < -0.3 is 16.2 Å². The smallest absolute Gasteiger partial charge is 0.340 e. The Balaban J connectivity index is 3.18. The van der Waals surface area contributed by atoms with Crippen LogP contribution < -0.4 is 11.1 Å². The van der Waals surface area contributed by atoms with Crippen LogP contribution in [-0.2, 0) is 0 Å². The van der Waals surface area contributed by atoms with Gasteiger partial charge >= 0.3 is 5.97 Å². The summed E-state index contributed by atoms with van der Waals surface area (Å²) in [5, 5.41) is 12.2. The second-order valence-electron chi connectivity index (χ2n) is 5.42. The van der Waals surface area contributed by atoms with Crippen LogP contribution in [0.15, 0.2) is 12.1 Å². The zero-order chi connectivity index (χ0) is 14.1. The fourth-order valence-electron chi connectivity index (χ4n) is 1.39. The summed E-state index contributed by atoms with van der Waals surface area (Å²) in [6.45, 7) is 8.01. The van der Waals surface area contributed by atoms with E-state index in [0.29, 0.717) is 5.69 Å². The molecule has 0 bridgehead atoms. The molecule has 0 saturated carbocycles. The highest BCUT2D eigenvalue weighted by atomic mass is 19.1. The Morgan fingerprint density at radius 2 is 2.00 bits per heavy atom. The molecule has 1 aromatic rings. The average Bonchev–Trinajstić information content (AvgIpc) is 2.21. The van der Waals surface area contributed by atoms with Gasteiger partial charge in [0, 0.05) is 6.04 Å². The summed E-state index contributed by atoms with van der Waals surface area (Å²) >= 11 is 0. The third-order valence-electron chi connectivity index (χ3n) is 3.08. The maximum Gasteiger partial charge on any atom is 0.340 e. The van der Waals surface area contributed by atoms with Gasteiger partial charge in [0.05, 0.1) is 11.4 Å². The summed E-state index contributed by atoms with van der Waals surface area (Å²) in [6, 6.07) is 2.58. The van der Waals surface area contributed by atoms with E-state index in [1.165, 1.54) is 12.1 Å². The second kappa shape index (κ2) is 4.84. The van der Waals surface area contributed by atoms with Crippen LogP contribution >= 0.6 is 0 Å². The number of anilines is 2. The molecule has 0 fully saturated rings. The molecule has 0 aliphatic rings. The minimum atomic E-state index is -1.24. The first-order valence-corrected chi connectivity index (χ1v) is 5.72. The van der Waals surface area contributed by atoms with Gasteiger partial charge in [-0.05, 0) is 24.5 Å². The molecule has 4 nitrogen and oxygen atoms in total. The zero-order valence-electron chi connectivity index (χ0n) is 11.0. The van der Waals surface area contributed by atoms with Crippen molar-refractivity contribution in [3.63, 3.8) is 0 Å². The first-order chi connectivity index (χ1) is 8.14. The lowest BCUT2D eigenvalue weighted by atomic mass is 9.87. The van der Waals surface area contributed by atoms with E-state index in [9.17, 15) is 9.18 Å². The number of carbonyl (C=O) groups is 1. The highest BCUT2D eigenvalue weighted by Gasteiger charge is 2.23. The molecule has 0 amide bonds. The summed E-state index contributed by atoms with van der Waals surface area (Å²) in [6.07, 6.45) is 0. The van der Waals surface area contributed by atoms with Gasteiger partial charge in [0.25, 0.3) is 0 Å². The molecule has 18 heavy (non-hydrogen) atoms. The first-order valence-electron chi connectivity index (χ1n) is 5.72. The third kappa shape index (κ3) is 2.91. The lowest BCUT2D eigenvalue weighted by Crippen LogP contribution is -2.31. The number of rotatable bonds is 3. The first kappa shape index (κ1) is 14.3. The minimum Gasteiger partial charge on any atom is -0.478 e. The Labute approximate surface area is 106 Å². The van der Waals surface area contributed by atoms with Crippen molar-refractivity contribution in [1.82, 2.24) is 0 Å². The number of hydrogen-bond donors (Lipinski definition) is 3. The van der Waals surface area contributed by atoms with E-state index in [4.69, 9.17) is 10.8 Å². The van der Waals surface area contributed by atoms with Crippen molar-refractivity contribution in [3.05, 3.63) is 23.5 Å². The van der Waals surface area contributed by atoms with E-state index in [2.05, 4.69) is 5.32 Å². The molecule has 0 aliphatic heterocycles. The summed E-state index contributed by atoms with van der Waals surface area (Å²) in [5.41, 5.74) is 5.20. The monoisotopic (exact) mass is 254 g/mol. The molecule has 0 aliphatic carbocycles. The van der Waals surface area contributed by atoms with Crippen LogP contribution in [0.3, 0.4) is 0 Å². The van der Waals surface area contributed by atoms with Crippen molar-refractivity contribution in [2.75, 3.05) is 11.1 Å². The Kier molecular flexibility index (Phi) is 3.84. The van der Waals surface area contributed by atoms with Crippen molar-refractivity contribution in [2.24, 2.45) is 5.41 Å². The van der Waals surface area contributed by atoms with Crippen LogP contribution in [0.25, 0.3) is 0 Å². The number of aromatic carboxylic acids is 1. The van der Waals surface area contributed by atoms with Gasteiger partial charge in [-0.2, -0.15) is 0 Å². The maximum atomic E-state index is 13.3. The molecule has 0 saturated heterocycles. The molecular weight excluding hydrogens is 235 g/mol. The van der Waals surface area contributed by atoms with E-state index in [0.717, 1.165) is 0 Å². The zero-order valence-corrected chi connectivity index (χ0v) is 11.0. The van der Waals surface area contributed by atoms with Crippen LogP contribution in [0.2, 0.25) is 0 Å². The fraction of sp³-hybridized carbons (Fsp3) is 0.462. The number of nitrogen functional groups attached to an aromatic ring is 1. The van der Waals surface area contributed by atoms with Gasteiger partial charge in [-0.3, -0.25) is 0 Å². The van der Waals surface area contributed by atoms with E-state index in [1.54, 1.807) is 0 Å². The Morgan fingerprint density at radius 1 is 1.44 bits per heavy atom. The highest BCUT2D eigenvalue weighted by Crippen LogP contribution is 2.29. The van der Waals surface area contributed by atoms with Crippen LogP contribution in [0.4, 0.5) is 15.8 Å². The fourth-order valence-corrected chi connectivity index (χ4v) is 1.39. The summed E-state index contributed by atoms with van der Waals surface area (Å²) in [4.78, 5) is 11.1. The Morgan fingerprint density at radius 3 is 2.44 bits per heavy atom. The molecular formula is C13H19FN2O2. The van der Waals surface area contributed by atoms with Crippen molar-refractivity contribution >= 4 is 17.3 Å². The lowest BCUT2D eigenvalue weighted by molar-refractivity contribution is 0.0698. The molecule has 1 rings (SSSR count). The van der Waals surface area contributed by atoms with E-state index in [1.807, 2.05) is 27.7 Å². The van der Waals surface area contributed by atoms with Crippen molar-refractivity contribution in [2.45, 2.75) is 33.7 Å². The number of nitrogens with one attached hydrogen (secondary N) is 1. The number of halogens is 1. The van der Waals surface area contributed by atoms with Gasteiger partial charge in [0.1, 0.15) is 11.4 Å². The molecule has 0 radical (unpaired) electrons. The molecule has 0 aromatic heterocycles. The van der Waals surface area contributed by atoms with Crippen LogP contribution in [0.1, 0.15) is 38.1 Å². The second-order valence-corrected chi connectivity index (χ2v) is 5.42. The number of hydrogen-bond acceptors (Lipinski definition) is 3. The lowest BCUT2D eigenvalue weighted by Gasteiger charge is -2.29. The van der Waals surface area contributed by atoms with Crippen molar-refractivity contribution in [3.8, 4) is 0 Å². The van der Waals surface area contributed by atoms with Crippen LogP contribution in [0.5, 0.6) is 0 Å². The number of carboxylic acid groups (broad SMARTS) is 1. The summed E-state index contributed by atoms with van der Waals surface area (Å²) in [7, 11) is 0. The van der Waals surface area contributed by atoms with Crippen molar-refractivity contribution in [1.29, 1.82) is 0 Å². The van der Waals surface area contributed by atoms with E-state index in [-0.39, 0.29) is 22.7 Å². The molecule has 100 valence electrons. The minimum absolute atomic E-state index is 0.0143. The largest absolute Gasteiger partial charge is 0.478 e. The van der Waals surface area contributed by atoms with E-state index >= 15 is 0 Å². The molecule has 0 heterocycles. The topological polar surface area (TPSA) is 75.3 Å². The average molecular weight is 254 g/mol. The van der Waals surface area contributed by atoms with Gasteiger partial charge in [-0.1, -0.05) is 20.8 Å².